The fraction of sp³-hybridized carbons (Fsp3) is 0.632. The minimum absolute atomic E-state index is 0.0526. The van der Waals surface area contributed by atoms with E-state index in [2.05, 4.69) is 104 Å². The summed E-state index contributed by atoms with van der Waals surface area (Å²) in [6.45, 7) is 9.30. The van der Waals surface area contributed by atoms with E-state index in [0.717, 1.165) is 25.9 Å². The van der Waals surface area contributed by atoms with Crippen molar-refractivity contribution in [1.29, 1.82) is 0 Å². The van der Waals surface area contributed by atoms with Gasteiger partial charge in [-0.15, -0.1) is 0 Å². The number of hydrogen-bond donors (Lipinski definition) is 0. The van der Waals surface area contributed by atoms with E-state index in [1.54, 1.807) is 0 Å². The second-order valence-electron chi connectivity index (χ2n) is 12.2. The van der Waals surface area contributed by atoms with Crippen LogP contribution in [0.4, 0.5) is 0 Å². The summed E-state index contributed by atoms with van der Waals surface area (Å²) >= 11 is 0. The van der Waals surface area contributed by atoms with Crippen LogP contribution in [0.1, 0.15) is 141 Å². The summed E-state index contributed by atoms with van der Waals surface area (Å²) in [5.41, 5.74) is 2.87. The topological polar surface area (TPSA) is 6.48 Å². The molecule has 0 saturated heterocycles. The molecular weight excluding hydrogens is 484 g/mol. The summed E-state index contributed by atoms with van der Waals surface area (Å²) in [4.78, 5) is 5.49. The molecule has 40 heavy (non-hydrogen) atoms. The van der Waals surface area contributed by atoms with Crippen molar-refractivity contribution in [3.63, 3.8) is 0 Å². The third-order valence-corrected chi connectivity index (χ3v) is 9.15. The van der Waals surface area contributed by atoms with Gasteiger partial charge in [-0.05, 0) is 30.4 Å². The lowest BCUT2D eigenvalue weighted by atomic mass is 9.78. The molecular formula is C38H60N2. The number of hydrogen-bond acceptors (Lipinski definition) is 2. The summed E-state index contributed by atoms with van der Waals surface area (Å²) in [7, 11) is 0. The van der Waals surface area contributed by atoms with Crippen LogP contribution in [0, 0.1) is 0 Å². The Morgan fingerprint density at radius 1 is 0.525 bits per heavy atom. The molecule has 0 aliphatic carbocycles. The van der Waals surface area contributed by atoms with E-state index in [9.17, 15) is 0 Å². The number of nitrogens with zero attached hydrogens (tertiary/aromatic N) is 2. The molecule has 0 saturated carbocycles. The highest BCUT2D eigenvalue weighted by Crippen LogP contribution is 2.45. The predicted molar refractivity (Wildman–Crippen MR) is 176 cm³/mol. The second-order valence-corrected chi connectivity index (χ2v) is 12.2. The zero-order valence-corrected chi connectivity index (χ0v) is 26.3. The zero-order valence-electron chi connectivity index (χ0n) is 26.3. The van der Waals surface area contributed by atoms with Crippen LogP contribution in [0.15, 0.2) is 73.1 Å². The van der Waals surface area contributed by atoms with Gasteiger partial charge in [0.05, 0.1) is 0 Å². The van der Waals surface area contributed by atoms with Crippen molar-refractivity contribution < 1.29 is 0 Å². The van der Waals surface area contributed by atoms with E-state index in [-0.39, 0.29) is 5.66 Å². The third kappa shape index (κ3) is 9.71. The van der Waals surface area contributed by atoms with Gasteiger partial charge in [0.15, 0.2) is 0 Å². The molecule has 0 N–H and O–H groups in total. The molecule has 0 aromatic heterocycles. The average molecular weight is 545 g/mol. The Morgan fingerprint density at radius 3 is 1.45 bits per heavy atom. The molecule has 0 amide bonds. The van der Waals surface area contributed by atoms with Gasteiger partial charge in [0.25, 0.3) is 0 Å². The largest absolute Gasteiger partial charge is 0.353 e. The Labute approximate surface area is 248 Å². The SMILES string of the molecule is CCCCCCCCCCCCCCN1C=CN(CCCCC)C1(Cc1ccccc1)C(CC)c1ccccc1. The van der Waals surface area contributed by atoms with Gasteiger partial charge in [-0.2, -0.15) is 0 Å². The predicted octanol–water partition coefficient (Wildman–Crippen LogP) is 11.1. The van der Waals surface area contributed by atoms with Crippen LogP contribution in [0.25, 0.3) is 0 Å². The maximum absolute atomic E-state index is 2.75. The van der Waals surface area contributed by atoms with Crippen LogP contribution in [-0.4, -0.2) is 28.6 Å². The van der Waals surface area contributed by atoms with E-state index in [4.69, 9.17) is 0 Å². The van der Waals surface area contributed by atoms with Gasteiger partial charge in [-0.25, -0.2) is 0 Å². The Morgan fingerprint density at radius 2 is 0.950 bits per heavy atom. The fourth-order valence-electron chi connectivity index (χ4n) is 6.91. The lowest BCUT2D eigenvalue weighted by Crippen LogP contribution is -2.59. The Bertz CT molecular complexity index is 908. The first-order chi connectivity index (χ1) is 19.8. The van der Waals surface area contributed by atoms with Gasteiger partial charge in [-0.1, -0.05) is 165 Å². The number of unbranched alkanes of at least 4 members (excludes halogenated alkanes) is 13. The minimum atomic E-state index is -0.0526. The monoisotopic (exact) mass is 544 g/mol. The van der Waals surface area contributed by atoms with Crippen molar-refractivity contribution in [3.8, 4) is 0 Å². The maximum Gasteiger partial charge on any atom is 0.123 e. The summed E-state index contributed by atoms with van der Waals surface area (Å²) < 4.78 is 0. The Hall–Kier alpha value is -2.22. The number of rotatable bonds is 22. The van der Waals surface area contributed by atoms with E-state index < -0.39 is 0 Å². The quantitative estimate of drug-likeness (QED) is 0.136. The lowest BCUT2D eigenvalue weighted by Gasteiger charge is -2.51. The van der Waals surface area contributed by atoms with Gasteiger partial charge < -0.3 is 9.80 Å². The highest BCUT2D eigenvalue weighted by atomic mass is 15.4. The lowest BCUT2D eigenvalue weighted by molar-refractivity contribution is -0.00373. The smallest absolute Gasteiger partial charge is 0.123 e. The summed E-state index contributed by atoms with van der Waals surface area (Å²) in [6, 6.07) is 22.6. The molecule has 2 heteroatoms. The van der Waals surface area contributed by atoms with Crippen LogP contribution in [0.3, 0.4) is 0 Å². The molecule has 0 spiro atoms. The molecule has 2 unspecified atom stereocenters. The van der Waals surface area contributed by atoms with Crippen LogP contribution in [-0.2, 0) is 6.42 Å². The maximum atomic E-state index is 2.75. The van der Waals surface area contributed by atoms with Crippen LogP contribution in [0.2, 0.25) is 0 Å². The van der Waals surface area contributed by atoms with Crippen molar-refractivity contribution in [3.05, 3.63) is 84.2 Å². The molecule has 222 valence electrons. The van der Waals surface area contributed by atoms with E-state index in [1.165, 1.54) is 107 Å². The first-order valence-electron chi connectivity index (χ1n) is 17.1. The van der Waals surface area contributed by atoms with Crippen LogP contribution < -0.4 is 0 Å². The summed E-state index contributed by atoms with van der Waals surface area (Å²) in [5, 5.41) is 0. The van der Waals surface area contributed by atoms with Crippen molar-refractivity contribution in [1.82, 2.24) is 9.80 Å². The molecule has 0 fully saturated rings. The average Bonchev–Trinajstić information content (AvgIpc) is 3.32. The summed E-state index contributed by atoms with van der Waals surface area (Å²) in [5.74, 6) is 0.447. The molecule has 2 aromatic carbocycles. The van der Waals surface area contributed by atoms with Gasteiger partial charge in [0.1, 0.15) is 5.66 Å². The first-order valence-corrected chi connectivity index (χ1v) is 17.1. The molecule has 2 aromatic rings. The first kappa shape index (κ1) is 32.3. The molecule has 1 aliphatic heterocycles. The molecule has 2 atom stereocenters. The van der Waals surface area contributed by atoms with E-state index in [0.29, 0.717) is 5.92 Å². The molecule has 0 bridgehead atoms. The number of benzene rings is 2. The molecule has 3 rings (SSSR count). The van der Waals surface area contributed by atoms with E-state index in [1.807, 2.05) is 0 Å². The highest BCUT2D eigenvalue weighted by molar-refractivity contribution is 5.30. The zero-order chi connectivity index (χ0) is 28.3. The fourth-order valence-corrected chi connectivity index (χ4v) is 6.91. The third-order valence-electron chi connectivity index (χ3n) is 9.15. The minimum Gasteiger partial charge on any atom is -0.353 e. The van der Waals surface area contributed by atoms with Gasteiger partial charge in [0, 0.05) is 37.8 Å². The normalized spacial score (nSPS) is 17.6. The Balaban J connectivity index is 1.66. The molecule has 2 nitrogen and oxygen atoms in total. The van der Waals surface area contributed by atoms with E-state index >= 15 is 0 Å². The second kappa shape index (κ2) is 19.0. The standard InChI is InChI=1S/C38H60N2/c1-4-7-9-10-11-12-13-14-15-16-17-25-31-40-33-32-39(30-24-8-5-2)38(40,34-35-26-20-18-21-27-35)37(6-3)36-28-22-19-23-29-36/h18-23,26-29,32-33,37H,4-17,24-25,30-31,34H2,1-3H3. The van der Waals surface area contributed by atoms with Gasteiger partial charge in [0.2, 0.25) is 0 Å². The van der Waals surface area contributed by atoms with Crippen LogP contribution >= 0.6 is 0 Å². The summed E-state index contributed by atoms with van der Waals surface area (Å²) in [6.07, 6.45) is 27.7. The van der Waals surface area contributed by atoms with Crippen molar-refractivity contribution in [2.24, 2.45) is 0 Å². The van der Waals surface area contributed by atoms with Crippen molar-refractivity contribution >= 4 is 0 Å². The highest BCUT2D eigenvalue weighted by Gasteiger charge is 2.49. The molecule has 1 heterocycles. The van der Waals surface area contributed by atoms with Crippen molar-refractivity contribution in [2.75, 3.05) is 13.1 Å². The molecule has 1 aliphatic rings. The van der Waals surface area contributed by atoms with Gasteiger partial charge in [-0.3, -0.25) is 0 Å². The van der Waals surface area contributed by atoms with Crippen molar-refractivity contribution in [2.45, 2.75) is 142 Å². The van der Waals surface area contributed by atoms with Crippen LogP contribution in [0.5, 0.6) is 0 Å². The van der Waals surface area contributed by atoms with Gasteiger partial charge >= 0.3 is 0 Å². The Kier molecular flexibility index (Phi) is 15.3. The molecule has 0 radical (unpaired) electrons.